The van der Waals surface area contributed by atoms with Gasteiger partial charge in [0.25, 0.3) is 0 Å². The first-order valence-electron chi connectivity index (χ1n) is 9.61. The molecule has 0 aliphatic carbocycles. The molecule has 0 saturated carbocycles. The van der Waals surface area contributed by atoms with Crippen LogP contribution < -0.4 is 9.47 Å². The summed E-state index contributed by atoms with van der Waals surface area (Å²) in [6, 6.07) is 21.2. The number of nitrogens with zero attached hydrogens (tertiary/aromatic N) is 2. The summed E-state index contributed by atoms with van der Waals surface area (Å²) in [6.45, 7) is 1.29. The zero-order valence-electron chi connectivity index (χ0n) is 17.6. The van der Waals surface area contributed by atoms with E-state index in [0.29, 0.717) is 22.7 Å². The Morgan fingerprint density at radius 3 is 2.16 bits per heavy atom. The zero-order valence-corrected chi connectivity index (χ0v) is 17.6. The van der Waals surface area contributed by atoms with Gasteiger partial charge in [0.1, 0.15) is 6.61 Å². The van der Waals surface area contributed by atoms with Crippen LogP contribution in [0.3, 0.4) is 0 Å². The third-order valence-electron chi connectivity index (χ3n) is 4.44. The molecule has 0 aliphatic heterocycles. The van der Waals surface area contributed by atoms with Gasteiger partial charge in [-0.3, -0.25) is 0 Å². The molecule has 0 spiro atoms. The molecule has 0 aromatic heterocycles. The van der Waals surface area contributed by atoms with Crippen LogP contribution in [0.4, 0.5) is 11.4 Å². The molecular formula is C24H21N2O6. The summed E-state index contributed by atoms with van der Waals surface area (Å²) < 4.78 is 20.6. The summed E-state index contributed by atoms with van der Waals surface area (Å²) >= 11 is 0. The smallest absolute Gasteiger partial charge is 0.418 e. The first-order valence-corrected chi connectivity index (χ1v) is 9.61. The van der Waals surface area contributed by atoms with Gasteiger partial charge < -0.3 is 18.9 Å². The van der Waals surface area contributed by atoms with E-state index < -0.39 is 12.1 Å². The summed E-state index contributed by atoms with van der Waals surface area (Å²) in [7, 11) is 2.96. The van der Waals surface area contributed by atoms with Crippen LogP contribution in [0, 0.1) is 0 Å². The molecule has 3 aromatic carbocycles. The third kappa shape index (κ3) is 5.91. The second kappa shape index (κ2) is 11.3. The van der Waals surface area contributed by atoms with E-state index in [1.54, 1.807) is 36.4 Å². The van der Waals surface area contributed by atoms with E-state index in [1.807, 2.05) is 30.3 Å². The molecule has 0 N–H and O–H groups in total. The zero-order chi connectivity index (χ0) is 22.8. The van der Waals surface area contributed by atoms with Crippen LogP contribution in [0.5, 0.6) is 11.5 Å². The Labute approximate surface area is 185 Å². The molecular weight excluding hydrogens is 412 g/mol. The fourth-order valence-electron chi connectivity index (χ4n) is 2.82. The number of hydrogen-bond acceptors (Lipinski definition) is 8. The van der Waals surface area contributed by atoms with Gasteiger partial charge in [-0.2, -0.15) is 10.2 Å². The number of benzene rings is 3. The molecule has 0 saturated heterocycles. The van der Waals surface area contributed by atoms with Crippen molar-refractivity contribution in [2.75, 3.05) is 14.2 Å². The molecule has 0 bridgehead atoms. The van der Waals surface area contributed by atoms with E-state index in [4.69, 9.17) is 18.9 Å². The van der Waals surface area contributed by atoms with Crippen molar-refractivity contribution in [1.82, 2.24) is 0 Å². The topological polar surface area (TPSA) is 95.8 Å². The van der Waals surface area contributed by atoms with Gasteiger partial charge >= 0.3 is 12.4 Å². The van der Waals surface area contributed by atoms with Gasteiger partial charge in [0.15, 0.2) is 11.5 Å². The first kappa shape index (κ1) is 22.5. The normalized spacial score (nSPS) is 11.6. The predicted molar refractivity (Wildman–Crippen MR) is 116 cm³/mol. The second-order valence-electron chi connectivity index (χ2n) is 6.51. The largest absolute Gasteiger partial charge is 0.493 e. The van der Waals surface area contributed by atoms with Crippen molar-refractivity contribution >= 4 is 23.8 Å². The summed E-state index contributed by atoms with van der Waals surface area (Å²) in [5, 5.41) is 8.32. The molecule has 0 aliphatic rings. The van der Waals surface area contributed by atoms with E-state index in [2.05, 4.69) is 10.2 Å². The van der Waals surface area contributed by atoms with Crippen molar-refractivity contribution < 1.29 is 28.5 Å². The van der Waals surface area contributed by atoms with Crippen molar-refractivity contribution in [3.8, 4) is 11.5 Å². The van der Waals surface area contributed by atoms with Gasteiger partial charge in [0.05, 0.1) is 25.6 Å². The minimum absolute atomic E-state index is 0.0129. The Bertz CT molecular complexity index is 1070. The third-order valence-corrected chi connectivity index (χ3v) is 4.44. The Balaban J connectivity index is 1.64. The minimum Gasteiger partial charge on any atom is -0.493 e. The maximum atomic E-state index is 12.6. The highest BCUT2D eigenvalue weighted by Crippen LogP contribution is 2.31. The van der Waals surface area contributed by atoms with E-state index in [1.165, 1.54) is 26.8 Å². The van der Waals surface area contributed by atoms with Crippen LogP contribution in [-0.2, 0) is 25.7 Å². The quantitative estimate of drug-likeness (QED) is 0.330. The van der Waals surface area contributed by atoms with Crippen molar-refractivity contribution in [3.63, 3.8) is 0 Å². The highest BCUT2D eigenvalue weighted by Gasteiger charge is 2.25. The van der Waals surface area contributed by atoms with E-state index in [0.717, 1.165) is 11.3 Å². The van der Waals surface area contributed by atoms with E-state index in [-0.39, 0.29) is 6.61 Å². The van der Waals surface area contributed by atoms with Crippen LogP contribution in [0.25, 0.3) is 0 Å². The molecule has 3 rings (SSSR count). The van der Waals surface area contributed by atoms with E-state index >= 15 is 0 Å². The SMILES string of the molecule is COc1ccc(C(O[C]=O)C(=O)OCc2ccc(N=Nc3ccccc3)cc2)cc1OC. The number of hydrogen-bond donors (Lipinski definition) is 0. The highest BCUT2D eigenvalue weighted by molar-refractivity contribution is 5.78. The van der Waals surface area contributed by atoms with Crippen molar-refractivity contribution in [3.05, 3.63) is 83.9 Å². The number of esters is 1. The number of carbonyl (C=O) groups is 1. The average molecular weight is 433 g/mol. The van der Waals surface area contributed by atoms with E-state index in [9.17, 15) is 9.59 Å². The molecule has 163 valence electrons. The molecule has 1 atom stereocenters. The Morgan fingerprint density at radius 2 is 1.53 bits per heavy atom. The first-order chi connectivity index (χ1) is 15.6. The molecule has 8 nitrogen and oxygen atoms in total. The molecule has 0 amide bonds. The summed E-state index contributed by atoms with van der Waals surface area (Å²) in [5.41, 5.74) is 2.51. The number of ether oxygens (including phenoxy) is 4. The minimum atomic E-state index is -1.29. The van der Waals surface area contributed by atoms with Gasteiger partial charge in [-0.05, 0) is 42.0 Å². The van der Waals surface area contributed by atoms with Crippen molar-refractivity contribution in [2.24, 2.45) is 10.2 Å². The van der Waals surface area contributed by atoms with Crippen LogP contribution in [-0.4, -0.2) is 26.7 Å². The lowest BCUT2D eigenvalue weighted by molar-refractivity contribution is -0.154. The molecule has 0 heterocycles. The number of azo groups is 1. The predicted octanol–water partition coefficient (Wildman–Crippen LogP) is 4.99. The monoisotopic (exact) mass is 433 g/mol. The standard InChI is InChI=1S/C24H21N2O6/c1-29-21-13-10-18(14-22(21)30-2)23(32-16-27)24(28)31-15-17-8-11-20(12-9-17)26-25-19-6-4-3-5-7-19/h3-14,23H,15H2,1-2H3. The number of carbonyl (C=O) groups excluding carboxylic acids is 2. The lowest BCUT2D eigenvalue weighted by Crippen LogP contribution is -2.18. The lowest BCUT2D eigenvalue weighted by Gasteiger charge is -2.16. The molecule has 1 radical (unpaired) electrons. The molecule has 1 unspecified atom stereocenters. The fraction of sp³-hybridized carbons (Fsp3) is 0.167. The van der Waals surface area contributed by atoms with Crippen LogP contribution in [0.1, 0.15) is 17.2 Å². The molecule has 3 aromatic rings. The Morgan fingerprint density at radius 1 is 0.875 bits per heavy atom. The molecule has 32 heavy (non-hydrogen) atoms. The van der Waals surface area contributed by atoms with Crippen molar-refractivity contribution in [1.29, 1.82) is 0 Å². The summed E-state index contributed by atoms with van der Waals surface area (Å²) in [6.07, 6.45) is -1.29. The summed E-state index contributed by atoms with van der Waals surface area (Å²) in [5.74, 6) is 0.119. The van der Waals surface area contributed by atoms with Gasteiger partial charge in [0, 0.05) is 5.56 Å². The number of rotatable bonds is 10. The van der Waals surface area contributed by atoms with Gasteiger partial charge in [0.2, 0.25) is 6.10 Å². The van der Waals surface area contributed by atoms with Gasteiger partial charge in [-0.15, -0.1) is 0 Å². The van der Waals surface area contributed by atoms with Gasteiger partial charge in [-0.25, -0.2) is 9.59 Å². The van der Waals surface area contributed by atoms with Crippen molar-refractivity contribution in [2.45, 2.75) is 12.7 Å². The van der Waals surface area contributed by atoms with Crippen LogP contribution in [0.15, 0.2) is 83.0 Å². The van der Waals surface area contributed by atoms with Gasteiger partial charge in [-0.1, -0.05) is 36.4 Å². The Kier molecular flexibility index (Phi) is 7.91. The van der Waals surface area contributed by atoms with Crippen LogP contribution in [0.2, 0.25) is 0 Å². The Hall–Kier alpha value is -4.20. The lowest BCUT2D eigenvalue weighted by atomic mass is 10.1. The number of methoxy groups -OCH3 is 2. The van der Waals surface area contributed by atoms with Crippen LogP contribution >= 0.6 is 0 Å². The second-order valence-corrected chi connectivity index (χ2v) is 6.51. The maximum absolute atomic E-state index is 12.6. The maximum Gasteiger partial charge on any atom is 0.418 e. The summed E-state index contributed by atoms with van der Waals surface area (Å²) in [4.78, 5) is 23.4. The fourth-order valence-corrected chi connectivity index (χ4v) is 2.82. The molecule has 8 heteroatoms. The molecule has 0 fully saturated rings. The highest BCUT2D eigenvalue weighted by atomic mass is 16.6. The average Bonchev–Trinajstić information content (AvgIpc) is 2.85.